The summed E-state index contributed by atoms with van der Waals surface area (Å²) in [5, 5.41) is 20.1. The fourth-order valence-corrected chi connectivity index (χ4v) is 1.71. The van der Waals surface area contributed by atoms with Gasteiger partial charge in [-0.2, -0.15) is 5.26 Å². The number of aliphatic carboxylic acids is 1. The van der Waals surface area contributed by atoms with E-state index in [1.807, 2.05) is 6.07 Å². The fraction of sp³-hybridized carbons (Fsp3) is 0.273. The average molecular weight is 317 g/mol. The first-order chi connectivity index (χ1) is 8.51. The summed E-state index contributed by atoms with van der Waals surface area (Å²) < 4.78 is 18.5. The Balaban J connectivity index is 3.01. The smallest absolute Gasteiger partial charge is 0.328 e. The van der Waals surface area contributed by atoms with Gasteiger partial charge in [0.1, 0.15) is 12.1 Å². The summed E-state index contributed by atoms with van der Waals surface area (Å²) in [6, 6.07) is 3.44. The van der Waals surface area contributed by atoms with E-state index in [0.29, 0.717) is 0 Å². The molecule has 1 unspecified atom stereocenters. The van der Waals surface area contributed by atoms with Gasteiger partial charge in [0.2, 0.25) is 0 Å². The molecule has 1 atom stereocenters. The van der Waals surface area contributed by atoms with Crippen molar-refractivity contribution < 1.29 is 19.0 Å². The Labute approximate surface area is 111 Å². The lowest BCUT2D eigenvalue weighted by atomic mass is 10.2. The molecule has 0 radical (unpaired) electrons. The van der Waals surface area contributed by atoms with Crippen molar-refractivity contribution in [2.24, 2.45) is 0 Å². The van der Waals surface area contributed by atoms with Crippen molar-refractivity contribution in [1.29, 1.82) is 5.26 Å². The molecule has 0 saturated carbocycles. The predicted octanol–water partition coefficient (Wildman–Crippen LogP) is 1.97. The number of nitrogens with zero attached hydrogens (tertiary/aromatic N) is 1. The molecule has 96 valence electrons. The Morgan fingerprint density at radius 1 is 1.72 bits per heavy atom. The number of ether oxygens (including phenoxy) is 1. The van der Waals surface area contributed by atoms with Crippen LogP contribution in [0.4, 0.5) is 10.1 Å². The molecule has 0 aliphatic carbocycles. The van der Waals surface area contributed by atoms with Crippen LogP contribution in [0.5, 0.6) is 0 Å². The van der Waals surface area contributed by atoms with Gasteiger partial charge >= 0.3 is 5.97 Å². The topological polar surface area (TPSA) is 82.3 Å². The molecule has 0 aliphatic heterocycles. The molecular weight excluding hydrogens is 307 g/mol. The molecule has 0 bridgehead atoms. The number of nitrogens with one attached hydrogen (secondary N) is 1. The third-order valence-electron chi connectivity index (χ3n) is 2.16. The number of benzene rings is 1. The van der Waals surface area contributed by atoms with Crippen molar-refractivity contribution in [3.05, 3.63) is 28.0 Å². The van der Waals surface area contributed by atoms with Crippen molar-refractivity contribution in [3.63, 3.8) is 0 Å². The third-order valence-corrected chi connectivity index (χ3v) is 2.94. The lowest BCUT2D eigenvalue weighted by molar-refractivity contribution is -0.139. The summed E-state index contributed by atoms with van der Waals surface area (Å²) >= 11 is 2.94. The van der Waals surface area contributed by atoms with Gasteiger partial charge in [-0.3, -0.25) is 0 Å². The first kappa shape index (κ1) is 14.4. The molecule has 2 N–H and O–H groups in total. The first-order valence-corrected chi connectivity index (χ1v) is 5.67. The van der Waals surface area contributed by atoms with Gasteiger partial charge < -0.3 is 15.2 Å². The van der Waals surface area contributed by atoms with Crippen LogP contribution in [0.15, 0.2) is 16.6 Å². The number of hydrogen-bond acceptors (Lipinski definition) is 4. The zero-order chi connectivity index (χ0) is 13.7. The van der Waals surface area contributed by atoms with Crippen molar-refractivity contribution in [2.45, 2.75) is 6.04 Å². The quantitative estimate of drug-likeness (QED) is 0.867. The van der Waals surface area contributed by atoms with E-state index >= 15 is 0 Å². The number of anilines is 1. The van der Waals surface area contributed by atoms with Crippen LogP contribution in [0.1, 0.15) is 5.56 Å². The first-order valence-electron chi connectivity index (χ1n) is 4.87. The summed E-state index contributed by atoms with van der Waals surface area (Å²) in [6.07, 6.45) is 0. The highest BCUT2D eigenvalue weighted by molar-refractivity contribution is 9.10. The molecular formula is C11H10BrFN2O3. The zero-order valence-electron chi connectivity index (χ0n) is 9.41. The predicted molar refractivity (Wildman–Crippen MR) is 65.7 cm³/mol. The lowest BCUT2D eigenvalue weighted by Gasteiger charge is -2.16. The van der Waals surface area contributed by atoms with Crippen LogP contribution in [-0.4, -0.2) is 30.8 Å². The van der Waals surface area contributed by atoms with E-state index in [1.165, 1.54) is 19.2 Å². The zero-order valence-corrected chi connectivity index (χ0v) is 11.0. The van der Waals surface area contributed by atoms with Gasteiger partial charge in [-0.15, -0.1) is 0 Å². The molecule has 1 aromatic rings. The van der Waals surface area contributed by atoms with E-state index < -0.39 is 17.8 Å². The van der Waals surface area contributed by atoms with E-state index in [9.17, 15) is 9.18 Å². The Hall–Kier alpha value is -1.65. The molecule has 18 heavy (non-hydrogen) atoms. The minimum absolute atomic E-state index is 0.00319. The summed E-state index contributed by atoms with van der Waals surface area (Å²) in [5.41, 5.74) is 0.127. The summed E-state index contributed by atoms with van der Waals surface area (Å²) in [5.74, 6) is -1.87. The molecule has 5 nitrogen and oxygen atoms in total. The highest BCUT2D eigenvalue weighted by atomic mass is 79.9. The van der Waals surface area contributed by atoms with E-state index in [0.717, 1.165) is 0 Å². The third kappa shape index (κ3) is 3.18. The number of halogens is 2. The Morgan fingerprint density at radius 3 is 2.89 bits per heavy atom. The number of methoxy groups -OCH3 is 1. The van der Waals surface area contributed by atoms with Gasteiger partial charge in [0.25, 0.3) is 0 Å². The fourth-order valence-electron chi connectivity index (χ4n) is 1.28. The number of rotatable bonds is 5. The van der Waals surface area contributed by atoms with Gasteiger partial charge in [-0.25, -0.2) is 9.18 Å². The van der Waals surface area contributed by atoms with Crippen LogP contribution in [0.3, 0.4) is 0 Å². The van der Waals surface area contributed by atoms with Gasteiger partial charge in [-0.05, 0) is 28.1 Å². The van der Waals surface area contributed by atoms with Gasteiger partial charge in [0.15, 0.2) is 5.82 Å². The molecule has 0 heterocycles. The number of carboxylic acids is 1. The Kier molecular flexibility index (Phi) is 5.07. The van der Waals surface area contributed by atoms with Crippen LogP contribution in [0.2, 0.25) is 0 Å². The van der Waals surface area contributed by atoms with Crippen molar-refractivity contribution >= 4 is 27.6 Å². The molecule has 0 spiro atoms. The van der Waals surface area contributed by atoms with E-state index in [1.54, 1.807) is 0 Å². The second-order valence-electron chi connectivity index (χ2n) is 3.39. The van der Waals surface area contributed by atoms with Crippen LogP contribution >= 0.6 is 15.9 Å². The maximum absolute atomic E-state index is 13.8. The van der Waals surface area contributed by atoms with E-state index in [4.69, 9.17) is 15.1 Å². The average Bonchev–Trinajstić information content (AvgIpc) is 2.34. The van der Waals surface area contributed by atoms with Gasteiger partial charge in [-0.1, -0.05) is 0 Å². The minimum Gasteiger partial charge on any atom is -0.480 e. The number of hydrogen-bond donors (Lipinski definition) is 2. The molecule has 0 aliphatic rings. The Morgan fingerprint density at radius 2 is 2.39 bits per heavy atom. The highest BCUT2D eigenvalue weighted by Gasteiger charge is 2.20. The summed E-state index contributed by atoms with van der Waals surface area (Å²) in [7, 11) is 1.35. The molecule has 0 amide bonds. The Bertz CT molecular complexity index is 502. The van der Waals surface area contributed by atoms with E-state index in [2.05, 4.69) is 21.2 Å². The van der Waals surface area contributed by atoms with E-state index in [-0.39, 0.29) is 22.3 Å². The summed E-state index contributed by atoms with van der Waals surface area (Å²) in [6.45, 7) is -0.105. The van der Waals surface area contributed by atoms with Crippen LogP contribution in [0, 0.1) is 17.1 Å². The van der Waals surface area contributed by atoms with Crippen LogP contribution in [0.25, 0.3) is 0 Å². The number of carbonyl (C=O) groups is 1. The minimum atomic E-state index is -1.16. The SMILES string of the molecule is COCC(Nc1ccc(C#N)c(Br)c1F)C(=O)O. The maximum Gasteiger partial charge on any atom is 0.328 e. The lowest BCUT2D eigenvalue weighted by Crippen LogP contribution is -2.34. The summed E-state index contributed by atoms with van der Waals surface area (Å²) in [4.78, 5) is 10.9. The maximum atomic E-state index is 13.8. The van der Waals surface area contributed by atoms with Gasteiger partial charge in [0, 0.05) is 7.11 Å². The van der Waals surface area contributed by atoms with Gasteiger partial charge in [0.05, 0.1) is 22.3 Å². The normalized spacial score (nSPS) is 11.7. The number of carboxylic acid groups (broad SMARTS) is 1. The molecule has 0 saturated heterocycles. The van der Waals surface area contributed by atoms with Crippen LogP contribution in [-0.2, 0) is 9.53 Å². The highest BCUT2D eigenvalue weighted by Crippen LogP contribution is 2.27. The van der Waals surface area contributed by atoms with Crippen molar-refractivity contribution in [1.82, 2.24) is 0 Å². The molecule has 0 fully saturated rings. The largest absolute Gasteiger partial charge is 0.480 e. The number of nitriles is 1. The second kappa shape index (κ2) is 6.33. The molecule has 7 heteroatoms. The second-order valence-corrected chi connectivity index (χ2v) is 4.18. The monoisotopic (exact) mass is 316 g/mol. The molecule has 1 aromatic carbocycles. The van der Waals surface area contributed by atoms with Crippen molar-refractivity contribution in [2.75, 3.05) is 19.0 Å². The standard InChI is InChI=1S/C11H10BrFN2O3/c1-18-5-8(11(16)17)15-7-3-2-6(4-14)9(12)10(7)13/h2-3,8,15H,5H2,1H3,(H,16,17). The van der Waals surface area contributed by atoms with Crippen molar-refractivity contribution in [3.8, 4) is 6.07 Å². The van der Waals surface area contributed by atoms with Crippen LogP contribution < -0.4 is 5.32 Å². The molecule has 1 rings (SSSR count). The molecule has 0 aromatic heterocycles.